The van der Waals surface area contributed by atoms with Gasteiger partial charge in [-0.3, -0.25) is 14.8 Å². The number of pyridine rings is 2. The largest absolute Gasteiger partial charge is 0.484 e. The summed E-state index contributed by atoms with van der Waals surface area (Å²) in [6, 6.07) is 7.45. The number of carbonyl (C=O) groups excluding carboxylic acids is 1. The van der Waals surface area contributed by atoms with Crippen molar-refractivity contribution in [2.75, 3.05) is 13.2 Å². The van der Waals surface area contributed by atoms with Crippen molar-refractivity contribution in [1.29, 1.82) is 0 Å². The summed E-state index contributed by atoms with van der Waals surface area (Å²) in [5.41, 5.74) is 1.51. The van der Waals surface area contributed by atoms with Crippen molar-refractivity contribution < 1.29 is 14.3 Å². The third kappa shape index (κ3) is 3.22. The van der Waals surface area contributed by atoms with E-state index in [1.165, 1.54) is 0 Å². The van der Waals surface area contributed by atoms with E-state index in [0.29, 0.717) is 24.5 Å². The van der Waals surface area contributed by atoms with Crippen LogP contribution in [0.2, 0.25) is 0 Å². The average Bonchev–Trinajstić information content (AvgIpc) is 3.01. The smallest absolute Gasteiger partial charge is 0.255 e. The van der Waals surface area contributed by atoms with Gasteiger partial charge in [0.2, 0.25) is 0 Å². The molecule has 4 heterocycles. The molecular formula is C19H21N3O3. The topological polar surface area (TPSA) is 64.6 Å². The van der Waals surface area contributed by atoms with Crippen LogP contribution in [0.3, 0.4) is 0 Å². The van der Waals surface area contributed by atoms with Gasteiger partial charge in [-0.1, -0.05) is 0 Å². The maximum atomic E-state index is 13.0. The lowest BCUT2D eigenvalue weighted by molar-refractivity contribution is -0.0447. The summed E-state index contributed by atoms with van der Waals surface area (Å²) in [5, 5.41) is 0. The molecule has 0 bridgehead atoms. The van der Waals surface area contributed by atoms with Gasteiger partial charge in [0.25, 0.3) is 5.91 Å². The van der Waals surface area contributed by atoms with E-state index in [2.05, 4.69) is 9.97 Å². The Balaban J connectivity index is 1.56. The van der Waals surface area contributed by atoms with Crippen LogP contribution < -0.4 is 4.74 Å². The van der Waals surface area contributed by atoms with Crippen LogP contribution in [0.4, 0.5) is 0 Å². The fourth-order valence-electron chi connectivity index (χ4n) is 3.60. The second kappa shape index (κ2) is 6.80. The number of hydrogen-bond acceptors (Lipinski definition) is 5. The Kier molecular flexibility index (Phi) is 4.36. The summed E-state index contributed by atoms with van der Waals surface area (Å²) in [5.74, 6) is 0.692. The Morgan fingerprint density at radius 2 is 2.24 bits per heavy atom. The maximum absolute atomic E-state index is 13.0. The van der Waals surface area contributed by atoms with E-state index in [0.717, 1.165) is 18.5 Å². The van der Waals surface area contributed by atoms with Crippen molar-refractivity contribution in [2.24, 2.45) is 0 Å². The highest BCUT2D eigenvalue weighted by Crippen LogP contribution is 2.32. The fourth-order valence-corrected chi connectivity index (χ4v) is 3.60. The number of fused-ring (bicyclic) bond motifs is 1. The standard InChI is InChI=1S/C19H21N3O3/c1-13-6-7-14(10-21-13)19(23)22-12-17(18-16(22)5-3-9-24-18)25-15-4-2-8-20-11-15/h2,4,6-8,10-11,16-18H,3,5,9,12H2,1H3/t16-,17+,18+/m0/s1. The van der Waals surface area contributed by atoms with Crippen molar-refractivity contribution in [3.05, 3.63) is 54.1 Å². The van der Waals surface area contributed by atoms with Crippen LogP contribution in [0.1, 0.15) is 28.9 Å². The Hall–Kier alpha value is -2.47. The van der Waals surface area contributed by atoms with Crippen LogP contribution in [-0.4, -0.2) is 52.2 Å². The average molecular weight is 339 g/mol. The van der Waals surface area contributed by atoms with Gasteiger partial charge in [0.1, 0.15) is 18.0 Å². The SMILES string of the molecule is Cc1ccc(C(=O)N2C[C@@H](Oc3cccnc3)[C@@H]3OCCC[C@@H]32)cn1. The molecular weight excluding hydrogens is 318 g/mol. The molecule has 2 aromatic heterocycles. The molecule has 0 aliphatic carbocycles. The van der Waals surface area contributed by atoms with Gasteiger partial charge in [0.05, 0.1) is 24.3 Å². The number of rotatable bonds is 3. The van der Waals surface area contributed by atoms with Crippen LogP contribution in [0.5, 0.6) is 5.75 Å². The van der Waals surface area contributed by atoms with Gasteiger partial charge in [0.15, 0.2) is 0 Å². The van der Waals surface area contributed by atoms with Crippen molar-refractivity contribution in [3.8, 4) is 5.75 Å². The van der Waals surface area contributed by atoms with Crippen molar-refractivity contribution in [1.82, 2.24) is 14.9 Å². The lowest BCUT2D eigenvalue weighted by Gasteiger charge is -2.32. The van der Waals surface area contributed by atoms with E-state index in [9.17, 15) is 4.79 Å². The van der Waals surface area contributed by atoms with Crippen molar-refractivity contribution >= 4 is 5.91 Å². The number of ether oxygens (including phenoxy) is 2. The van der Waals surface area contributed by atoms with E-state index in [1.807, 2.05) is 36.1 Å². The number of hydrogen-bond donors (Lipinski definition) is 0. The number of aryl methyl sites for hydroxylation is 1. The highest BCUT2D eigenvalue weighted by atomic mass is 16.5. The van der Waals surface area contributed by atoms with E-state index in [-0.39, 0.29) is 24.2 Å². The summed E-state index contributed by atoms with van der Waals surface area (Å²) >= 11 is 0. The molecule has 130 valence electrons. The first-order valence-corrected chi connectivity index (χ1v) is 8.64. The van der Waals surface area contributed by atoms with E-state index < -0.39 is 0 Å². The second-order valence-electron chi connectivity index (χ2n) is 6.54. The van der Waals surface area contributed by atoms with Gasteiger partial charge in [-0.05, 0) is 44.0 Å². The zero-order chi connectivity index (χ0) is 17.2. The van der Waals surface area contributed by atoms with Gasteiger partial charge in [-0.15, -0.1) is 0 Å². The first-order chi connectivity index (χ1) is 12.2. The van der Waals surface area contributed by atoms with Crippen molar-refractivity contribution in [3.63, 3.8) is 0 Å². The number of amides is 1. The molecule has 0 unspecified atom stereocenters. The van der Waals surface area contributed by atoms with Crippen LogP contribution in [0, 0.1) is 6.92 Å². The zero-order valence-corrected chi connectivity index (χ0v) is 14.2. The summed E-state index contributed by atoms with van der Waals surface area (Å²) in [7, 11) is 0. The molecule has 1 amide bonds. The molecule has 0 N–H and O–H groups in total. The molecule has 2 fully saturated rings. The lowest BCUT2D eigenvalue weighted by Crippen LogP contribution is -2.44. The van der Waals surface area contributed by atoms with Crippen LogP contribution >= 0.6 is 0 Å². The Morgan fingerprint density at radius 3 is 3.00 bits per heavy atom. The molecule has 2 aromatic rings. The predicted octanol–water partition coefficient (Wildman–Crippen LogP) is 2.24. The molecule has 0 saturated carbocycles. The van der Waals surface area contributed by atoms with Gasteiger partial charge in [0, 0.05) is 24.7 Å². The van der Waals surface area contributed by atoms with E-state index >= 15 is 0 Å². The molecule has 3 atom stereocenters. The minimum Gasteiger partial charge on any atom is -0.484 e. The molecule has 2 aliphatic rings. The van der Waals surface area contributed by atoms with Crippen LogP contribution in [0.25, 0.3) is 0 Å². The highest BCUT2D eigenvalue weighted by Gasteiger charge is 2.47. The minimum absolute atomic E-state index is 0.00899. The van der Waals surface area contributed by atoms with Crippen LogP contribution in [0.15, 0.2) is 42.9 Å². The quantitative estimate of drug-likeness (QED) is 0.858. The lowest BCUT2D eigenvalue weighted by atomic mass is 10.0. The van der Waals surface area contributed by atoms with Crippen LogP contribution in [-0.2, 0) is 4.74 Å². The summed E-state index contributed by atoms with van der Waals surface area (Å²) in [6.07, 6.45) is 6.65. The molecule has 2 saturated heterocycles. The molecule has 0 aromatic carbocycles. The number of aromatic nitrogens is 2. The maximum Gasteiger partial charge on any atom is 0.255 e. The Bertz CT molecular complexity index is 735. The Labute approximate surface area is 146 Å². The van der Waals surface area contributed by atoms with E-state index in [4.69, 9.17) is 9.47 Å². The molecule has 6 heteroatoms. The third-order valence-electron chi connectivity index (χ3n) is 4.82. The molecule has 25 heavy (non-hydrogen) atoms. The molecule has 2 aliphatic heterocycles. The molecule has 4 rings (SSSR count). The van der Waals surface area contributed by atoms with Gasteiger partial charge >= 0.3 is 0 Å². The summed E-state index contributed by atoms with van der Waals surface area (Å²) < 4.78 is 12.1. The monoisotopic (exact) mass is 339 g/mol. The third-order valence-corrected chi connectivity index (χ3v) is 4.82. The van der Waals surface area contributed by atoms with Gasteiger partial charge in [-0.2, -0.15) is 0 Å². The number of nitrogens with zero attached hydrogens (tertiary/aromatic N) is 3. The van der Waals surface area contributed by atoms with Gasteiger partial charge < -0.3 is 14.4 Å². The number of likely N-dealkylation sites (tertiary alicyclic amines) is 1. The highest BCUT2D eigenvalue weighted by molar-refractivity contribution is 5.94. The zero-order valence-electron chi connectivity index (χ0n) is 14.2. The Morgan fingerprint density at radius 1 is 1.32 bits per heavy atom. The summed E-state index contributed by atoms with van der Waals surface area (Å²) in [4.78, 5) is 23.2. The predicted molar refractivity (Wildman–Crippen MR) is 91.4 cm³/mol. The first-order valence-electron chi connectivity index (χ1n) is 8.64. The first kappa shape index (κ1) is 16.0. The molecule has 0 radical (unpaired) electrons. The normalized spacial score (nSPS) is 25.5. The summed E-state index contributed by atoms with van der Waals surface area (Å²) in [6.45, 7) is 3.13. The second-order valence-corrected chi connectivity index (χ2v) is 6.54. The molecule has 6 nitrogen and oxygen atoms in total. The van der Waals surface area contributed by atoms with E-state index in [1.54, 1.807) is 18.6 Å². The molecule has 0 spiro atoms. The minimum atomic E-state index is -0.183. The fraction of sp³-hybridized carbons (Fsp3) is 0.421. The van der Waals surface area contributed by atoms with Gasteiger partial charge in [-0.25, -0.2) is 0 Å². The number of carbonyl (C=O) groups is 1. The van der Waals surface area contributed by atoms with Crippen molar-refractivity contribution in [2.45, 2.75) is 38.0 Å².